The van der Waals surface area contributed by atoms with Crippen LogP contribution in [0.1, 0.15) is 0 Å². The molecule has 12 heavy (non-hydrogen) atoms. The van der Waals surface area contributed by atoms with Gasteiger partial charge >= 0.3 is 0 Å². The van der Waals surface area contributed by atoms with Crippen LogP contribution in [0.15, 0.2) is 18.2 Å². The lowest BCUT2D eigenvalue weighted by Crippen LogP contribution is -2.08. The number of aromatic hydroxyl groups is 1. The fourth-order valence-electron chi connectivity index (χ4n) is 1.01. The molecule has 0 saturated heterocycles. The summed E-state index contributed by atoms with van der Waals surface area (Å²) in [6.07, 6.45) is 0. The molecule has 1 aromatic carbocycles. The first-order valence-corrected chi connectivity index (χ1v) is 3.83. The van der Waals surface area contributed by atoms with Crippen LogP contribution in [0.25, 0.3) is 0 Å². The summed E-state index contributed by atoms with van der Waals surface area (Å²) in [4.78, 5) is 1.94. The first-order valence-electron chi connectivity index (χ1n) is 3.83. The molecular formula is C9H14N2O. The molecule has 0 atom stereocenters. The predicted octanol–water partition coefficient (Wildman–Crippen LogP) is 1.50. The van der Waals surface area contributed by atoms with Crippen molar-refractivity contribution in [2.75, 3.05) is 31.4 Å². The van der Waals surface area contributed by atoms with E-state index in [1.54, 1.807) is 13.1 Å². The molecule has 0 aliphatic carbocycles. The van der Waals surface area contributed by atoms with Gasteiger partial charge in [0.1, 0.15) is 5.75 Å². The van der Waals surface area contributed by atoms with E-state index in [4.69, 9.17) is 0 Å². The van der Waals surface area contributed by atoms with Gasteiger partial charge in [0.05, 0.1) is 5.69 Å². The second-order valence-corrected chi connectivity index (χ2v) is 2.85. The monoisotopic (exact) mass is 166 g/mol. The molecule has 0 unspecified atom stereocenters. The Bertz CT molecular complexity index is 271. The molecule has 0 saturated carbocycles. The Balaban J connectivity index is 3.02. The topological polar surface area (TPSA) is 35.5 Å². The molecule has 1 aromatic rings. The summed E-state index contributed by atoms with van der Waals surface area (Å²) in [7, 11) is 5.66. The van der Waals surface area contributed by atoms with Gasteiger partial charge in [-0.25, -0.2) is 0 Å². The molecule has 2 N–H and O–H groups in total. The SMILES string of the molecule is CNc1ccc(N(C)C)cc1O. The van der Waals surface area contributed by atoms with Crippen LogP contribution >= 0.6 is 0 Å². The summed E-state index contributed by atoms with van der Waals surface area (Å²) in [6.45, 7) is 0. The van der Waals surface area contributed by atoms with Crippen molar-refractivity contribution in [2.45, 2.75) is 0 Å². The third kappa shape index (κ3) is 1.61. The predicted molar refractivity (Wildman–Crippen MR) is 52.0 cm³/mol. The Morgan fingerprint density at radius 1 is 1.33 bits per heavy atom. The Morgan fingerprint density at radius 2 is 2.00 bits per heavy atom. The molecule has 0 aromatic heterocycles. The van der Waals surface area contributed by atoms with Gasteiger partial charge in [-0.1, -0.05) is 0 Å². The number of phenols is 1. The van der Waals surface area contributed by atoms with E-state index in [1.807, 2.05) is 31.1 Å². The van der Waals surface area contributed by atoms with Crippen LogP contribution in [-0.4, -0.2) is 26.2 Å². The molecule has 0 radical (unpaired) electrons. The highest BCUT2D eigenvalue weighted by Crippen LogP contribution is 2.27. The first kappa shape index (κ1) is 8.71. The van der Waals surface area contributed by atoms with Gasteiger partial charge in [-0.2, -0.15) is 0 Å². The minimum Gasteiger partial charge on any atom is -0.506 e. The largest absolute Gasteiger partial charge is 0.506 e. The number of nitrogens with one attached hydrogen (secondary N) is 1. The van der Waals surface area contributed by atoms with E-state index in [0.29, 0.717) is 0 Å². The van der Waals surface area contributed by atoms with Crippen molar-refractivity contribution in [3.05, 3.63) is 18.2 Å². The van der Waals surface area contributed by atoms with Crippen molar-refractivity contribution in [2.24, 2.45) is 0 Å². The molecule has 3 heteroatoms. The van der Waals surface area contributed by atoms with Crippen LogP contribution in [0.4, 0.5) is 11.4 Å². The van der Waals surface area contributed by atoms with Gasteiger partial charge in [-0.05, 0) is 12.1 Å². The van der Waals surface area contributed by atoms with Crippen molar-refractivity contribution in [1.29, 1.82) is 0 Å². The molecule has 0 amide bonds. The summed E-state index contributed by atoms with van der Waals surface area (Å²) < 4.78 is 0. The zero-order valence-electron chi connectivity index (χ0n) is 7.63. The molecule has 0 bridgehead atoms. The Labute approximate surface area is 72.6 Å². The van der Waals surface area contributed by atoms with E-state index < -0.39 is 0 Å². The van der Waals surface area contributed by atoms with Gasteiger partial charge in [0.15, 0.2) is 0 Å². The molecular weight excluding hydrogens is 152 g/mol. The normalized spacial score (nSPS) is 9.58. The maximum absolute atomic E-state index is 9.45. The number of nitrogens with zero attached hydrogens (tertiary/aromatic N) is 1. The number of rotatable bonds is 2. The third-order valence-electron chi connectivity index (χ3n) is 1.77. The molecule has 0 spiro atoms. The molecule has 0 aliphatic heterocycles. The lowest BCUT2D eigenvalue weighted by Gasteiger charge is -2.13. The minimum atomic E-state index is 0.281. The summed E-state index contributed by atoms with van der Waals surface area (Å²) in [6, 6.07) is 5.53. The highest BCUT2D eigenvalue weighted by Gasteiger charge is 2.00. The molecule has 1 rings (SSSR count). The quantitative estimate of drug-likeness (QED) is 0.653. The van der Waals surface area contributed by atoms with Crippen molar-refractivity contribution < 1.29 is 5.11 Å². The van der Waals surface area contributed by atoms with Gasteiger partial charge in [0, 0.05) is 32.9 Å². The van der Waals surface area contributed by atoms with Gasteiger partial charge in [0.25, 0.3) is 0 Å². The lowest BCUT2D eigenvalue weighted by molar-refractivity contribution is 0.477. The third-order valence-corrected chi connectivity index (χ3v) is 1.77. The average Bonchev–Trinajstić information content (AvgIpc) is 2.04. The zero-order valence-corrected chi connectivity index (χ0v) is 7.63. The van der Waals surface area contributed by atoms with Crippen LogP contribution in [-0.2, 0) is 0 Å². The Hall–Kier alpha value is -1.38. The fraction of sp³-hybridized carbons (Fsp3) is 0.333. The minimum absolute atomic E-state index is 0.281. The smallest absolute Gasteiger partial charge is 0.140 e. The Morgan fingerprint density at radius 3 is 2.42 bits per heavy atom. The van der Waals surface area contributed by atoms with Crippen molar-refractivity contribution in [3.8, 4) is 5.75 Å². The number of benzene rings is 1. The van der Waals surface area contributed by atoms with Crippen molar-refractivity contribution >= 4 is 11.4 Å². The van der Waals surface area contributed by atoms with E-state index in [0.717, 1.165) is 11.4 Å². The van der Waals surface area contributed by atoms with Crippen LogP contribution in [0.3, 0.4) is 0 Å². The molecule has 0 fully saturated rings. The number of anilines is 2. The summed E-state index contributed by atoms with van der Waals surface area (Å²) in [5, 5.41) is 12.3. The Kier molecular flexibility index (Phi) is 2.43. The van der Waals surface area contributed by atoms with Crippen molar-refractivity contribution in [1.82, 2.24) is 0 Å². The average molecular weight is 166 g/mol. The van der Waals surface area contributed by atoms with E-state index in [9.17, 15) is 5.11 Å². The number of hydrogen-bond acceptors (Lipinski definition) is 3. The maximum Gasteiger partial charge on any atom is 0.140 e. The zero-order chi connectivity index (χ0) is 9.14. The van der Waals surface area contributed by atoms with Crippen LogP contribution < -0.4 is 10.2 Å². The summed E-state index contributed by atoms with van der Waals surface area (Å²) >= 11 is 0. The molecule has 3 nitrogen and oxygen atoms in total. The second-order valence-electron chi connectivity index (χ2n) is 2.85. The van der Waals surface area contributed by atoms with Gasteiger partial charge < -0.3 is 15.3 Å². The first-order chi connectivity index (χ1) is 5.65. The summed E-state index contributed by atoms with van der Waals surface area (Å²) in [5.41, 5.74) is 1.74. The van der Waals surface area contributed by atoms with Crippen LogP contribution in [0.5, 0.6) is 5.75 Å². The van der Waals surface area contributed by atoms with E-state index in [1.165, 1.54) is 0 Å². The second kappa shape index (κ2) is 3.34. The van der Waals surface area contributed by atoms with E-state index in [-0.39, 0.29) is 5.75 Å². The highest BCUT2D eigenvalue weighted by atomic mass is 16.3. The number of hydrogen-bond donors (Lipinski definition) is 2. The van der Waals surface area contributed by atoms with Crippen molar-refractivity contribution in [3.63, 3.8) is 0 Å². The van der Waals surface area contributed by atoms with Crippen LogP contribution in [0.2, 0.25) is 0 Å². The van der Waals surface area contributed by atoms with E-state index >= 15 is 0 Å². The van der Waals surface area contributed by atoms with Gasteiger partial charge in [-0.3, -0.25) is 0 Å². The molecule has 0 aliphatic rings. The molecule has 66 valence electrons. The molecule has 0 heterocycles. The van der Waals surface area contributed by atoms with Crippen LogP contribution in [0, 0.1) is 0 Å². The maximum atomic E-state index is 9.45. The fourth-order valence-corrected chi connectivity index (χ4v) is 1.01. The lowest BCUT2D eigenvalue weighted by atomic mass is 10.2. The standard InChI is InChI=1S/C9H14N2O/c1-10-8-5-4-7(11(2)3)6-9(8)12/h4-6,10,12H,1-3H3. The van der Waals surface area contributed by atoms with Gasteiger partial charge in [-0.15, -0.1) is 0 Å². The van der Waals surface area contributed by atoms with Gasteiger partial charge in [0.2, 0.25) is 0 Å². The van der Waals surface area contributed by atoms with E-state index in [2.05, 4.69) is 5.32 Å². The highest BCUT2D eigenvalue weighted by molar-refractivity contribution is 5.63. The summed E-state index contributed by atoms with van der Waals surface area (Å²) in [5.74, 6) is 0.281. The number of phenolic OH excluding ortho intramolecular Hbond substituents is 1.